The first-order chi connectivity index (χ1) is 7.68. The highest BCUT2D eigenvalue weighted by atomic mass is 15.0. The van der Waals surface area contributed by atoms with Gasteiger partial charge in [-0.3, -0.25) is 0 Å². The minimum atomic E-state index is 0.600. The highest BCUT2D eigenvalue weighted by Crippen LogP contribution is 2.28. The van der Waals surface area contributed by atoms with Crippen molar-refractivity contribution >= 4 is 0 Å². The normalized spacial score (nSPS) is 19.5. The Bertz CT molecular complexity index is 162. The second-order valence-electron chi connectivity index (χ2n) is 5.71. The molecule has 0 aromatic rings. The molecule has 0 radical (unpaired) electrons. The predicted octanol–water partition coefficient (Wildman–Crippen LogP) is 2.93. The summed E-state index contributed by atoms with van der Waals surface area (Å²) in [4.78, 5) is 0. The topological polar surface area (TPSA) is 24.1 Å². The molecule has 1 unspecified atom stereocenters. The van der Waals surface area contributed by atoms with Crippen LogP contribution in [-0.4, -0.2) is 25.2 Å². The van der Waals surface area contributed by atoms with E-state index in [9.17, 15) is 0 Å². The molecule has 1 aliphatic carbocycles. The minimum Gasteiger partial charge on any atom is -0.313 e. The first-order valence-corrected chi connectivity index (χ1v) is 7.15. The van der Waals surface area contributed by atoms with E-state index in [1.165, 1.54) is 45.1 Å². The van der Waals surface area contributed by atoms with Gasteiger partial charge in [-0.25, -0.2) is 0 Å². The van der Waals surface area contributed by atoms with Crippen molar-refractivity contribution < 1.29 is 0 Å². The van der Waals surface area contributed by atoms with Crippen molar-refractivity contribution in [2.75, 3.05) is 13.1 Å². The largest absolute Gasteiger partial charge is 0.313 e. The van der Waals surface area contributed by atoms with Crippen LogP contribution in [0.2, 0.25) is 0 Å². The third kappa shape index (κ3) is 6.49. The summed E-state index contributed by atoms with van der Waals surface area (Å²) in [5, 5.41) is 7.06. The number of hydrogen-bond donors (Lipinski definition) is 2. The van der Waals surface area contributed by atoms with Crippen molar-refractivity contribution in [1.29, 1.82) is 0 Å². The molecule has 1 atom stereocenters. The molecule has 0 amide bonds. The first-order valence-electron chi connectivity index (χ1n) is 7.15. The van der Waals surface area contributed by atoms with Crippen molar-refractivity contribution in [3.8, 4) is 0 Å². The molecule has 2 nitrogen and oxygen atoms in total. The molecule has 1 saturated carbocycles. The highest BCUT2D eigenvalue weighted by molar-refractivity contribution is 4.69. The van der Waals surface area contributed by atoms with E-state index in [0.29, 0.717) is 12.1 Å². The highest BCUT2D eigenvalue weighted by Gasteiger charge is 2.14. The van der Waals surface area contributed by atoms with E-state index in [1.54, 1.807) is 0 Å². The lowest BCUT2D eigenvalue weighted by molar-refractivity contribution is 0.435. The maximum atomic E-state index is 3.60. The predicted molar refractivity (Wildman–Crippen MR) is 71.8 cm³/mol. The summed E-state index contributed by atoms with van der Waals surface area (Å²) in [5.74, 6) is 1.05. The van der Waals surface area contributed by atoms with Gasteiger partial charge >= 0.3 is 0 Å². The van der Waals surface area contributed by atoms with Gasteiger partial charge in [-0.2, -0.15) is 0 Å². The first kappa shape index (κ1) is 14.0. The van der Waals surface area contributed by atoms with Crippen LogP contribution in [0.3, 0.4) is 0 Å². The second-order valence-corrected chi connectivity index (χ2v) is 5.71. The Morgan fingerprint density at radius 2 is 1.75 bits per heavy atom. The molecule has 0 bridgehead atoms. The zero-order valence-corrected chi connectivity index (χ0v) is 11.4. The van der Waals surface area contributed by atoms with Gasteiger partial charge in [0.2, 0.25) is 0 Å². The third-order valence-corrected chi connectivity index (χ3v) is 3.59. The molecule has 0 aromatic carbocycles. The Labute approximate surface area is 102 Å². The summed E-state index contributed by atoms with van der Waals surface area (Å²) in [7, 11) is 0. The van der Waals surface area contributed by atoms with Gasteiger partial charge in [0.15, 0.2) is 0 Å². The monoisotopic (exact) mass is 226 g/mol. The van der Waals surface area contributed by atoms with Gasteiger partial charge in [0.1, 0.15) is 0 Å². The SMILES string of the molecule is CC(C)NCC(C)NCCCC1CCCC1. The lowest BCUT2D eigenvalue weighted by Crippen LogP contribution is -2.39. The quantitative estimate of drug-likeness (QED) is 0.622. The molecule has 2 N–H and O–H groups in total. The average molecular weight is 226 g/mol. The average Bonchev–Trinajstić information content (AvgIpc) is 2.74. The molecule has 0 saturated heterocycles. The van der Waals surface area contributed by atoms with Crippen LogP contribution in [0.4, 0.5) is 0 Å². The molecular formula is C14H30N2. The summed E-state index contributed by atoms with van der Waals surface area (Å²) in [6, 6.07) is 1.20. The smallest absolute Gasteiger partial charge is 0.0164 e. The van der Waals surface area contributed by atoms with Crippen molar-refractivity contribution in [3.05, 3.63) is 0 Å². The molecule has 96 valence electrons. The molecule has 2 heteroatoms. The van der Waals surface area contributed by atoms with Crippen molar-refractivity contribution in [1.82, 2.24) is 10.6 Å². The van der Waals surface area contributed by atoms with Crippen LogP contribution in [-0.2, 0) is 0 Å². The van der Waals surface area contributed by atoms with Gasteiger partial charge in [0.05, 0.1) is 0 Å². The van der Waals surface area contributed by atoms with Gasteiger partial charge in [0, 0.05) is 18.6 Å². The third-order valence-electron chi connectivity index (χ3n) is 3.59. The van der Waals surface area contributed by atoms with Crippen molar-refractivity contribution in [2.24, 2.45) is 5.92 Å². The second kappa shape index (κ2) is 8.08. The molecule has 16 heavy (non-hydrogen) atoms. The van der Waals surface area contributed by atoms with Crippen molar-refractivity contribution in [3.63, 3.8) is 0 Å². The number of hydrogen-bond acceptors (Lipinski definition) is 2. The summed E-state index contributed by atoms with van der Waals surface area (Å²) in [6.45, 7) is 8.95. The molecule has 0 aliphatic heterocycles. The lowest BCUT2D eigenvalue weighted by atomic mass is 10.0. The van der Waals surface area contributed by atoms with E-state index >= 15 is 0 Å². The minimum absolute atomic E-state index is 0.600. The van der Waals surface area contributed by atoms with Crippen LogP contribution < -0.4 is 10.6 Å². The maximum absolute atomic E-state index is 3.60. The van der Waals surface area contributed by atoms with E-state index in [4.69, 9.17) is 0 Å². The van der Waals surface area contributed by atoms with Crippen molar-refractivity contribution in [2.45, 2.75) is 71.4 Å². The molecule has 1 rings (SSSR count). The zero-order valence-electron chi connectivity index (χ0n) is 11.4. The Hall–Kier alpha value is -0.0800. The fourth-order valence-electron chi connectivity index (χ4n) is 2.52. The van der Waals surface area contributed by atoms with Gasteiger partial charge < -0.3 is 10.6 Å². The Balaban J connectivity index is 1.89. The Kier molecular flexibility index (Phi) is 7.06. The Morgan fingerprint density at radius 1 is 1.06 bits per heavy atom. The van der Waals surface area contributed by atoms with Crippen LogP contribution in [0, 0.1) is 5.92 Å². The van der Waals surface area contributed by atoms with Gasteiger partial charge in [0.25, 0.3) is 0 Å². The Morgan fingerprint density at radius 3 is 2.38 bits per heavy atom. The molecule has 0 aromatic heterocycles. The molecule has 0 heterocycles. The molecule has 1 aliphatic rings. The summed E-state index contributed by atoms with van der Waals surface area (Å²) in [5.41, 5.74) is 0. The van der Waals surface area contributed by atoms with Crippen LogP contribution >= 0.6 is 0 Å². The lowest BCUT2D eigenvalue weighted by Gasteiger charge is -2.17. The van der Waals surface area contributed by atoms with E-state index in [0.717, 1.165) is 12.5 Å². The summed E-state index contributed by atoms with van der Waals surface area (Å²) in [6.07, 6.45) is 8.74. The number of nitrogens with one attached hydrogen (secondary N) is 2. The maximum Gasteiger partial charge on any atom is 0.0164 e. The van der Waals surface area contributed by atoms with E-state index in [2.05, 4.69) is 31.4 Å². The zero-order chi connectivity index (χ0) is 11.8. The van der Waals surface area contributed by atoms with Gasteiger partial charge in [-0.15, -0.1) is 0 Å². The molecular weight excluding hydrogens is 196 g/mol. The fraction of sp³-hybridized carbons (Fsp3) is 1.00. The standard InChI is InChI=1S/C14H30N2/c1-12(2)16-11-13(3)15-10-6-9-14-7-4-5-8-14/h12-16H,4-11H2,1-3H3. The van der Waals surface area contributed by atoms with E-state index in [-0.39, 0.29) is 0 Å². The van der Waals surface area contributed by atoms with Crippen LogP contribution in [0.25, 0.3) is 0 Å². The number of rotatable bonds is 8. The molecule has 1 fully saturated rings. The van der Waals surface area contributed by atoms with Gasteiger partial charge in [-0.05, 0) is 32.2 Å². The molecule has 0 spiro atoms. The van der Waals surface area contributed by atoms with E-state index in [1.807, 2.05) is 0 Å². The van der Waals surface area contributed by atoms with Crippen LogP contribution in [0.1, 0.15) is 59.3 Å². The van der Waals surface area contributed by atoms with Crippen LogP contribution in [0.5, 0.6) is 0 Å². The van der Waals surface area contributed by atoms with Crippen LogP contribution in [0.15, 0.2) is 0 Å². The summed E-state index contributed by atoms with van der Waals surface area (Å²) >= 11 is 0. The summed E-state index contributed by atoms with van der Waals surface area (Å²) < 4.78 is 0. The van der Waals surface area contributed by atoms with E-state index < -0.39 is 0 Å². The fourth-order valence-corrected chi connectivity index (χ4v) is 2.52. The van der Waals surface area contributed by atoms with Gasteiger partial charge in [-0.1, -0.05) is 39.5 Å².